The molecule has 0 aliphatic heterocycles. The summed E-state index contributed by atoms with van der Waals surface area (Å²) in [4.78, 5) is 23.0. The number of aliphatic carboxylic acids is 1. The summed E-state index contributed by atoms with van der Waals surface area (Å²) in [6.07, 6.45) is 2.26. The van der Waals surface area contributed by atoms with Gasteiger partial charge < -0.3 is 10.4 Å². The summed E-state index contributed by atoms with van der Waals surface area (Å²) >= 11 is 10.6. The highest BCUT2D eigenvalue weighted by molar-refractivity contribution is 9.10. The van der Waals surface area contributed by atoms with E-state index in [1.807, 2.05) is 6.26 Å². The lowest BCUT2D eigenvalue weighted by Gasteiger charge is -2.14. The molecule has 2 N–H and O–H groups in total. The first-order valence-electron chi connectivity index (χ1n) is 5.42. The molecule has 0 saturated carbocycles. The molecule has 1 rings (SSSR count). The summed E-state index contributed by atoms with van der Waals surface area (Å²) in [6.45, 7) is 0. The maximum atomic E-state index is 12.0. The van der Waals surface area contributed by atoms with E-state index in [-0.39, 0.29) is 0 Å². The Bertz CT molecular complexity index is 464. The third kappa shape index (κ3) is 5.42. The summed E-state index contributed by atoms with van der Waals surface area (Å²) in [7, 11) is 0. The molecular formula is C12H13BrClNO3S. The van der Waals surface area contributed by atoms with Crippen molar-refractivity contribution in [3.63, 3.8) is 0 Å². The molecule has 0 aromatic heterocycles. The molecule has 1 aromatic carbocycles. The Hall–Kier alpha value is -0.720. The van der Waals surface area contributed by atoms with Crippen LogP contribution in [-0.2, 0) is 4.79 Å². The number of carbonyl (C=O) groups is 2. The summed E-state index contributed by atoms with van der Waals surface area (Å²) < 4.78 is 0.668. The van der Waals surface area contributed by atoms with Crippen LogP contribution in [0.2, 0.25) is 5.02 Å². The van der Waals surface area contributed by atoms with E-state index >= 15 is 0 Å². The molecule has 0 heterocycles. The van der Waals surface area contributed by atoms with Crippen molar-refractivity contribution in [2.24, 2.45) is 0 Å². The van der Waals surface area contributed by atoms with Crippen LogP contribution >= 0.6 is 39.3 Å². The topological polar surface area (TPSA) is 66.4 Å². The number of hydrogen-bond acceptors (Lipinski definition) is 3. The highest BCUT2D eigenvalue weighted by Gasteiger charge is 2.20. The monoisotopic (exact) mass is 365 g/mol. The molecule has 0 radical (unpaired) electrons. The van der Waals surface area contributed by atoms with Crippen LogP contribution in [0.4, 0.5) is 0 Å². The Labute approximate surface area is 129 Å². The number of nitrogens with one attached hydrogen (secondary N) is 1. The molecule has 0 saturated heterocycles. The number of hydrogen-bond donors (Lipinski definition) is 2. The SMILES string of the molecule is CSCC[C@H](NC(=O)c1cc(Cl)cc(Br)c1)C(=O)O. The first kappa shape index (κ1) is 16.3. The number of rotatable bonds is 6. The Morgan fingerprint density at radius 2 is 2.16 bits per heavy atom. The van der Waals surface area contributed by atoms with Gasteiger partial charge in [-0.25, -0.2) is 4.79 Å². The van der Waals surface area contributed by atoms with Gasteiger partial charge >= 0.3 is 5.97 Å². The summed E-state index contributed by atoms with van der Waals surface area (Å²) in [5.74, 6) is -0.823. The van der Waals surface area contributed by atoms with Gasteiger partial charge in [0.25, 0.3) is 5.91 Å². The first-order chi connectivity index (χ1) is 8.93. The van der Waals surface area contributed by atoms with Crippen LogP contribution in [0.1, 0.15) is 16.8 Å². The van der Waals surface area contributed by atoms with Crippen molar-refractivity contribution in [2.75, 3.05) is 12.0 Å². The van der Waals surface area contributed by atoms with E-state index < -0.39 is 17.9 Å². The van der Waals surface area contributed by atoms with Crippen molar-refractivity contribution in [2.45, 2.75) is 12.5 Å². The first-order valence-corrected chi connectivity index (χ1v) is 7.99. The molecule has 1 aromatic rings. The highest BCUT2D eigenvalue weighted by Crippen LogP contribution is 2.19. The molecule has 104 valence electrons. The standard InChI is InChI=1S/C12H13BrClNO3S/c1-19-3-2-10(12(17)18)15-11(16)7-4-8(13)6-9(14)5-7/h4-6,10H,2-3H2,1H3,(H,15,16)(H,17,18)/t10-/m0/s1. The average molecular weight is 367 g/mol. The molecule has 1 atom stereocenters. The number of amides is 1. The van der Waals surface area contributed by atoms with E-state index in [4.69, 9.17) is 16.7 Å². The largest absolute Gasteiger partial charge is 0.480 e. The zero-order valence-corrected chi connectivity index (χ0v) is 13.3. The predicted octanol–water partition coefficient (Wildman–Crippen LogP) is 3.04. The molecule has 0 fully saturated rings. The molecule has 4 nitrogen and oxygen atoms in total. The van der Waals surface area contributed by atoms with Gasteiger partial charge in [0.2, 0.25) is 0 Å². The zero-order valence-electron chi connectivity index (χ0n) is 10.2. The third-order valence-electron chi connectivity index (χ3n) is 2.34. The minimum atomic E-state index is -1.04. The van der Waals surface area contributed by atoms with E-state index in [0.717, 1.165) is 0 Å². The van der Waals surface area contributed by atoms with Crippen LogP contribution in [0, 0.1) is 0 Å². The van der Waals surface area contributed by atoms with Gasteiger partial charge in [-0.2, -0.15) is 11.8 Å². The number of benzene rings is 1. The normalized spacial score (nSPS) is 11.9. The van der Waals surface area contributed by atoms with Crippen molar-refractivity contribution in [1.29, 1.82) is 0 Å². The van der Waals surface area contributed by atoms with E-state index in [9.17, 15) is 9.59 Å². The molecular weight excluding hydrogens is 354 g/mol. The van der Waals surface area contributed by atoms with Crippen LogP contribution in [-0.4, -0.2) is 35.0 Å². The lowest BCUT2D eigenvalue weighted by Crippen LogP contribution is -2.41. The molecule has 7 heteroatoms. The fourth-order valence-electron chi connectivity index (χ4n) is 1.42. The van der Waals surface area contributed by atoms with Gasteiger partial charge in [-0.1, -0.05) is 27.5 Å². The van der Waals surface area contributed by atoms with Gasteiger partial charge in [0.1, 0.15) is 6.04 Å². The van der Waals surface area contributed by atoms with E-state index in [1.54, 1.807) is 12.1 Å². The second-order valence-electron chi connectivity index (χ2n) is 3.80. The number of carboxylic acids is 1. The van der Waals surface area contributed by atoms with Crippen LogP contribution in [0.3, 0.4) is 0 Å². The fourth-order valence-corrected chi connectivity index (χ4v) is 2.75. The van der Waals surface area contributed by atoms with Crippen LogP contribution in [0.25, 0.3) is 0 Å². The Kier molecular flexibility index (Phi) is 6.68. The van der Waals surface area contributed by atoms with Crippen molar-refractivity contribution >= 4 is 51.2 Å². The van der Waals surface area contributed by atoms with Gasteiger partial charge in [0, 0.05) is 15.1 Å². The molecule has 19 heavy (non-hydrogen) atoms. The smallest absolute Gasteiger partial charge is 0.326 e. The van der Waals surface area contributed by atoms with Gasteiger partial charge in [-0.3, -0.25) is 4.79 Å². The molecule has 0 aliphatic carbocycles. The number of carbonyl (C=O) groups excluding carboxylic acids is 1. The molecule has 0 bridgehead atoms. The van der Waals surface area contributed by atoms with Crippen molar-refractivity contribution in [3.05, 3.63) is 33.3 Å². The summed E-state index contributed by atoms with van der Waals surface area (Å²) in [5.41, 5.74) is 0.328. The van der Waals surface area contributed by atoms with Gasteiger partial charge in [-0.05, 0) is 36.6 Å². The number of thioether (sulfide) groups is 1. The minimum Gasteiger partial charge on any atom is -0.480 e. The predicted molar refractivity (Wildman–Crippen MR) is 81.0 cm³/mol. The summed E-state index contributed by atoms with van der Waals surface area (Å²) in [5, 5.41) is 11.9. The highest BCUT2D eigenvalue weighted by atomic mass is 79.9. The van der Waals surface area contributed by atoms with Crippen molar-refractivity contribution in [3.8, 4) is 0 Å². The Balaban J connectivity index is 2.78. The van der Waals surface area contributed by atoms with E-state index in [0.29, 0.717) is 27.2 Å². The maximum absolute atomic E-state index is 12.0. The Morgan fingerprint density at radius 3 is 2.68 bits per heavy atom. The second-order valence-corrected chi connectivity index (χ2v) is 6.14. The fraction of sp³-hybridized carbons (Fsp3) is 0.333. The van der Waals surface area contributed by atoms with E-state index in [1.165, 1.54) is 17.8 Å². The molecule has 0 spiro atoms. The lowest BCUT2D eigenvalue weighted by molar-refractivity contribution is -0.139. The number of carboxylic acid groups (broad SMARTS) is 1. The molecule has 0 aliphatic rings. The quantitative estimate of drug-likeness (QED) is 0.812. The van der Waals surface area contributed by atoms with Crippen molar-refractivity contribution < 1.29 is 14.7 Å². The van der Waals surface area contributed by atoms with Crippen LogP contribution in [0.5, 0.6) is 0 Å². The third-order valence-corrected chi connectivity index (χ3v) is 3.66. The second kappa shape index (κ2) is 7.77. The van der Waals surface area contributed by atoms with Gasteiger partial charge in [0.05, 0.1) is 0 Å². The van der Waals surface area contributed by atoms with E-state index in [2.05, 4.69) is 21.2 Å². The van der Waals surface area contributed by atoms with Crippen LogP contribution < -0.4 is 5.32 Å². The minimum absolute atomic E-state index is 0.328. The zero-order chi connectivity index (χ0) is 14.4. The van der Waals surface area contributed by atoms with Crippen LogP contribution in [0.15, 0.2) is 22.7 Å². The summed E-state index contributed by atoms with van der Waals surface area (Å²) in [6, 6.07) is 3.85. The van der Waals surface area contributed by atoms with Crippen molar-refractivity contribution in [1.82, 2.24) is 5.32 Å². The average Bonchev–Trinajstić information content (AvgIpc) is 2.32. The Morgan fingerprint density at radius 1 is 1.47 bits per heavy atom. The molecule has 1 amide bonds. The molecule has 0 unspecified atom stereocenters. The lowest BCUT2D eigenvalue weighted by atomic mass is 10.1. The number of halogens is 2. The maximum Gasteiger partial charge on any atom is 0.326 e. The van der Waals surface area contributed by atoms with Gasteiger partial charge in [0.15, 0.2) is 0 Å². The van der Waals surface area contributed by atoms with Gasteiger partial charge in [-0.15, -0.1) is 0 Å².